The maximum Gasteiger partial charge on any atom is 0.232 e. The molecule has 0 unspecified atom stereocenters. The standard InChI is InChI=1S/C14H25N3O/c1-4-5-6-7-8-18-14-11-16-13(10-17-14)9-15-12(2)3/h10-12,15H,4-9H2,1-3H3. The van der Waals surface area contributed by atoms with Crippen LogP contribution in [-0.4, -0.2) is 22.6 Å². The van der Waals surface area contributed by atoms with Crippen LogP contribution >= 0.6 is 0 Å². The summed E-state index contributed by atoms with van der Waals surface area (Å²) in [6.45, 7) is 7.92. The predicted molar refractivity (Wildman–Crippen MR) is 73.6 cm³/mol. The molecule has 0 saturated carbocycles. The molecule has 0 aliphatic rings. The van der Waals surface area contributed by atoms with Crippen LogP contribution < -0.4 is 10.1 Å². The summed E-state index contributed by atoms with van der Waals surface area (Å²) in [7, 11) is 0. The van der Waals surface area contributed by atoms with Crippen molar-refractivity contribution in [1.82, 2.24) is 15.3 Å². The van der Waals surface area contributed by atoms with Crippen molar-refractivity contribution >= 4 is 0 Å². The maximum atomic E-state index is 5.54. The van der Waals surface area contributed by atoms with Crippen LogP contribution in [0.1, 0.15) is 52.1 Å². The van der Waals surface area contributed by atoms with E-state index in [0.717, 1.165) is 25.3 Å². The Labute approximate surface area is 110 Å². The number of nitrogens with one attached hydrogen (secondary N) is 1. The van der Waals surface area contributed by atoms with E-state index in [1.54, 1.807) is 12.4 Å². The summed E-state index contributed by atoms with van der Waals surface area (Å²) in [6, 6.07) is 0.460. The van der Waals surface area contributed by atoms with E-state index in [1.807, 2.05) is 0 Å². The van der Waals surface area contributed by atoms with Gasteiger partial charge in [0.15, 0.2) is 0 Å². The minimum absolute atomic E-state index is 0.460. The van der Waals surface area contributed by atoms with Crippen LogP contribution in [0.15, 0.2) is 12.4 Å². The summed E-state index contributed by atoms with van der Waals surface area (Å²) < 4.78 is 5.54. The van der Waals surface area contributed by atoms with Crippen LogP contribution in [0.25, 0.3) is 0 Å². The summed E-state index contributed by atoms with van der Waals surface area (Å²) in [4.78, 5) is 8.57. The van der Waals surface area contributed by atoms with E-state index in [0.29, 0.717) is 11.9 Å². The Morgan fingerprint density at radius 2 is 2.00 bits per heavy atom. The van der Waals surface area contributed by atoms with Crippen LogP contribution in [0.5, 0.6) is 5.88 Å². The highest BCUT2D eigenvalue weighted by Crippen LogP contribution is 2.06. The Balaban J connectivity index is 2.23. The highest BCUT2D eigenvalue weighted by molar-refractivity contribution is 5.07. The summed E-state index contributed by atoms with van der Waals surface area (Å²) >= 11 is 0. The molecule has 1 rings (SSSR count). The predicted octanol–water partition coefficient (Wildman–Crippen LogP) is 2.93. The van der Waals surface area contributed by atoms with Gasteiger partial charge in [0.25, 0.3) is 0 Å². The van der Waals surface area contributed by atoms with E-state index >= 15 is 0 Å². The van der Waals surface area contributed by atoms with Gasteiger partial charge in [0, 0.05) is 12.6 Å². The van der Waals surface area contributed by atoms with Crippen molar-refractivity contribution in [1.29, 1.82) is 0 Å². The van der Waals surface area contributed by atoms with Crippen LogP contribution in [0.2, 0.25) is 0 Å². The topological polar surface area (TPSA) is 47.0 Å². The maximum absolute atomic E-state index is 5.54. The monoisotopic (exact) mass is 251 g/mol. The molecular formula is C14H25N3O. The second kappa shape index (κ2) is 8.86. The molecule has 0 saturated heterocycles. The first-order valence-corrected chi connectivity index (χ1v) is 6.89. The minimum atomic E-state index is 0.460. The molecule has 0 atom stereocenters. The quantitative estimate of drug-likeness (QED) is 0.685. The van der Waals surface area contributed by atoms with Gasteiger partial charge in [-0.05, 0) is 6.42 Å². The Morgan fingerprint density at radius 1 is 1.17 bits per heavy atom. The first-order chi connectivity index (χ1) is 8.72. The number of nitrogens with zero attached hydrogens (tertiary/aromatic N) is 2. The van der Waals surface area contributed by atoms with Gasteiger partial charge in [-0.3, -0.25) is 4.98 Å². The lowest BCUT2D eigenvalue weighted by atomic mass is 10.2. The Morgan fingerprint density at radius 3 is 2.61 bits per heavy atom. The van der Waals surface area contributed by atoms with Crippen LogP contribution in [0.3, 0.4) is 0 Å². The number of hydrogen-bond donors (Lipinski definition) is 1. The van der Waals surface area contributed by atoms with Crippen molar-refractivity contribution in [3.63, 3.8) is 0 Å². The zero-order valence-electron chi connectivity index (χ0n) is 11.8. The molecule has 102 valence electrons. The molecule has 0 aliphatic heterocycles. The van der Waals surface area contributed by atoms with Gasteiger partial charge in [-0.1, -0.05) is 40.0 Å². The van der Waals surface area contributed by atoms with E-state index in [4.69, 9.17) is 4.74 Å². The van der Waals surface area contributed by atoms with Gasteiger partial charge in [0.05, 0.1) is 24.7 Å². The lowest BCUT2D eigenvalue weighted by Gasteiger charge is -2.08. The fourth-order valence-corrected chi connectivity index (χ4v) is 1.52. The van der Waals surface area contributed by atoms with Gasteiger partial charge < -0.3 is 10.1 Å². The number of ether oxygens (including phenoxy) is 1. The van der Waals surface area contributed by atoms with Crippen molar-refractivity contribution in [2.24, 2.45) is 0 Å². The molecule has 1 aromatic heterocycles. The van der Waals surface area contributed by atoms with Crippen molar-refractivity contribution < 1.29 is 4.74 Å². The van der Waals surface area contributed by atoms with Gasteiger partial charge in [0.1, 0.15) is 0 Å². The zero-order valence-corrected chi connectivity index (χ0v) is 11.8. The van der Waals surface area contributed by atoms with E-state index < -0.39 is 0 Å². The molecule has 0 fully saturated rings. The second-order valence-electron chi connectivity index (χ2n) is 4.79. The first kappa shape index (κ1) is 14.9. The van der Waals surface area contributed by atoms with Crippen molar-refractivity contribution in [3.8, 4) is 5.88 Å². The van der Waals surface area contributed by atoms with Gasteiger partial charge in [-0.25, -0.2) is 4.98 Å². The molecule has 18 heavy (non-hydrogen) atoms. The smallest absolute Gasteiger partial charge is 0.232 e. The highest BCUT2D eigenvalue weighted by Gasteiger charge is 1.99. The molecule has 1 N–H and O–H groups in total. The third-order valence-electron chi connectivity index (χ3n) is 2.62. The molecule has 0 aromatic carbocycles. The largest absolute Gasteiger partial charge is 0.477 e. The van der Waals surface area contributed by atoms with Crippen molar-refractivity contribution in [3.05, 3.63) is 18.1 Å². The minimum Gasteiger partial charge on any atom is -0.477 e. The van der Waals surface area contributed by atoms with Crippen LogP contribution in [0.4, 0.5) is 0 Å². The Bertz CT molecular complexity index is 311. The summed E-state index contributed by atoms with van der Waals surface area (Å²) in [5, 5.41) is 3.30. The average Bonchev–Trinajstić information content (AvgIpc) is 2.37. The fraction of sp³-hybridized carbons (Fsp3) is 0.714. The number of rotatable bonds is 9. The van der Waals surface area contributed by atoms with Gasteiger partial charge in [0.2, 0.25) is 5.88 Å². The lowest BCUT2D eigenvalue weighted by molar-refractivity contribution is 0.292. The summed E-state index contributed by atoms with van der Waals surface area (Å²) in [5.74, 6) is 0.625. The molecule has 1 heterocycles. The van der Waals surface area contributed by atoms with E-state index in [9.17, 15) is 0 Å². The van der Waals surface area contributed by atoms with E-state index in [1.165, 1.54) is 19.3 Å². The summed E-state index contributed by atoms with van der Waals surface area (Å²) in [5.41, 5.74) is 0.946. The van der Waals surface area contributed by atoms with E-state index in [-0.39, 0.29) is 0 Å². The number of unbranched alkanes of at least 4 members (excludes halogenated alkanes) is 3. The third-order valence-corrected chi connectivity index (χ3v) is 2.62. The van der Waals surface area contributed by atoms with Crippen LogP contribution in [0, 0.1) is 0 Å². The van der Waals surface area contributed by atoms with Crippen molar-refractivity contribution in [2.75, 3.05) is 6.61 Å². The molecule has 4 nitrogen and oxygen atoms in total. The summed E-state index contributed by atoms with van der Waals surface area (Å²) in [6.07, 6.45) is 8.31. The molecule has 1 aromatic rings. The molecule has 0 amide bonds. The Kier molecular flexibility index (Phi) is 7.34. The fourth-order valence-electron chi connectivity index (χ4n) is 1.52. The Hall–Kier alpha value is -1.16. The zero-order chi connectivity index (χ0) is 13.2. The van der Waals surface area contributed by atoms with Gasteiger partial charge >= 0.3 is 0 Å². The lowest BCUT2D eigenvalue weighted by Crippen LogP contribution is -2.22. The van der Waals surface area contributed by atoms with E-state index in [2.05, 4.69) is 36.1 Å². The van der Waals surface area contributed by atoms with Gasteiger partial charge in [-0.15, -0.1) is 0 Å². The average molecular weight is 251 g/mol. The molecule has 4 heteroatoms. The molecular weight excluding hydrogens is 226 g/mol. The number of hydrogen-bond acceptors (Lipinski definition) is 4. The SMILES string of the molecule is CCCCCCOc1cnc(CNC(C)C)cn1. The highest BCUT2D eigenvalue weighted by atomic mass is 16.5. The first-order valence-electron chi connectivity index (χ1n) is 6.89. The molecule has 0 bridgehead atoms. The molecule has 0 spiro atoms. The second-order valence-corrected chi connectivity index (χ2v) is 4.79. The number of aromatic nitrogens is 2. The molecule has 0 aliphatic carbocycles. The third kappa shape index (κ3) is 6.55. The normalized spacial score (nSPS) is 10.9. The van der Waals surface area contributed by atoms with Crippen LogP contribution in [-0.2, 0) is 6.54 Å². The molecule has 0 radical (unpaired) electrons. The van der Waals surface area contributed by atoms with Crippen molar-refractivity contribution in [2.45, 2.75) is 59.0 Å². The van der Waals surface area contributed by atoms with Gasteiger partial charge in [-0.2, -0.15) is 0 Å².